The highest BCUT2D eigenvalue weighted by molar-refractivity contribution is 6.45. The van der Waals surface area contributed by atoms with Crippen LogP contribution in [-0.4, -0.2) is 46.0 Å². The molecule has 1 unspecified atom stereocenters. The third-order valence-electron chi connectivity index (χ3n) is 2.97. The summed E-state index contributed by atoms with van der Waals surface area (Å²) in [7, 11) is -0.395. The van der Waals surface area contributed by atoms with Gasteiger partial charge in [0.25, 0.3) is 0 Å². The van der Waals surface area contributed by atoms with Crippen LogP contribution in [0.15, 0.2) is 12.4 Å². The predicted octanol–water partition coefficient (Wildman–Crippen LogP) is 1.12. The fraction of sp³-hybridized carbons (Fsp3) is 0.600. The number of nitrogens with zero attached hydrogens (tertiary/aromatic N) is 3. The number of rotatable bonds is 3. The topological polar surface area (TPSA) is 61.3 Å². The van der Waals surface area contributed by atoms with E-state index in [1.165, 1.54) is 6.33 Å². The van der Waals surface area contributed by atoms with Gasteiger partial charge >= 0.3 is 7.05 Å². The second-order valence-electron chi connectivity index (χ2n) is 4.34. The van der Waals surface area contributed by atoms with Gasteiger partial charge in [0.1, 0.15) is 17.3 Å². The molecule has 2 rings (SSSR count). The first kappa shape index (κ1) is 12.6. The zero-order valence-electron chi connectivity index (χ0n) is 9.80. The second kappa shape index (κ2) is 5.66. The van der Waals surface area contributed by atoms with Gasteiger partial charge in [-0.3, -0.25) is 0 Å². The Morgan fingerprint density at radius 3 is 3.12 bits per heavy atom. The highest BCUT2D eigenvalue weighted by Gasteiger charge is 2.24. The van der Waals surface area contributed by atoms with Crippen molar-refractivity contribution in [1.82, 2.24) is 14.8 Å². The number of hydrogen-bond donors (Lipinski definition) is 2. The van der Waals surface area contributed by atoms with Crippen molar-refractivity contribution in [3.63, 3.8) is 0 Å². The van der Waals surface area contributed by atoms with Gasteiger partial charge in [0.2, 0.25) is 0 Å². The van der Waals surface area contributed by atoms with Crippen LogP contribution in [0.2, 0.25) is 12.0 Å². The monoisotopic (exact) mass is 254 g/mol. The molecular formula is C10H16BClN4O. The lowest BCUT2D eigenvalue weighted by Gasteiger charge is -2.34. The zero-order valence-corrected chi connectivity index (χ0v) is 10.6. The van der Waals surface area contributed by atoms with Crippen molar-refractivity contribution in [3.8, 4) is 0 Å². The van der Waals surface area contributed by atoms with E-state index in [9.17, 15) is 5.02 Å². The van der Waals surface area contributed by atoms with Crippen molar-refractivity contribution in [3.05, 3.63) is 17.5 Å². The van der Waals surface area contributed by atoms with E-state index in [4.69, 9.17) is 11.6 Å². The molecule has 92 valence electrons. The van der Waals surface area contributed by atoms with E-state index in [1.807, 2.05) is 4.81 Å². The maximum atomic E-state index is 9.56. The van der Waals surface area contributed by atoms with Crippen LogP contribution in [0, 0.1) is 0 Å². The van der Waals surface area contributed by atoms with Crippen molar-refractivity contribution in [2.24, 2.45) is 0 Å². The Bertz CT molecular complexity index is 379. The lowest BCUT2D eigenvalue weighted by atomic mass is 9.82. The fourth-order valence-corrected chi connectivity index (χ4v) is 2.23. The van der Waals surface area contributed by atoms with Crippen LogP contribution in [0.4, 0.5) is 5.82 Å². The molecule has 0 bridgehead atoms. The van der Waals surface area contributed by atoms with Crippen LogP contribution >= 0.6 is 11.6 Å². The van der Waals surface area contributed by atoms with Crippen molar-refractivity contribution >= 4 is 24.5 Å². The normalized spacial score (nSPS) is 21.2. The van der Waals surface area contributed by atoms with Crippen molar-refractivity contribution in [2.45, 2.75) is 25.7 Å². The number of piperidine rings is 1. The molecule has 0 saturated carbocycles. The number of nitrogens with one attached hydrogen (secondary N) is 1. The zero-order chi connectivity index (χ0) is 12.3. The minimum atomic E-state index is -0.395. The third kappa shape index (κ3) is 3.56. The number of aromatic nitrogens is 2. The van der Waals surface area contributed by atoms with Crippen molar-refractivity contribution in [1.29, 1.82) is 0 Å². The van der Waals surface area contributed by atoms with Crippen LogP contribution in [0.5, 0.6) is 0 Å². The quantitative estimate of drug-likeness (QED) is 0.625. The van der Waals surface area contributed by atoms with E-state index in [0.29, 0.717) is 11.2 Å². The van der Waals surface area contributed by atoms with Gasteiger partial charge in [-0.05, 0) is 26.2 Å². The standard InChI is InChI=1S/C10H16BClN4O/c1-11(17)16-4-2-3-8(6-16)15-10-5-9(12)13-7-14-10/h5,7-8,17H,2-4,6H2,1H3,(H,13,14,15). The smallest absolute Gasteiger partial charge is 0.376 e. The van der Waals surface area contributed by atoms with Crippen molar-refractivity contribution < 1.29 is 5.02 Å². The summed E-state index contributed by atoms with van der Waals surface area (Å²) in [5, 5.41) is 13.3. The number of halogens is 1. The molecule has 1 aromatic heterocycles. The molecule has 0 radical (unpaired) electrons. The van der Waals surface area contributed by atoms with Crippen LogP contribution in [0.1, 0.15) is 12.8 Å². The van der Waals surface area contributed by atoms with Gasteiger partial charge < -0.3 is 15.2 Å². The van der Waals surface area contributed by atoms with E-state index in [1.54, 1.807) is 12.9 Å². The Hall–Kier alpha value is -0.845. The molecule has 1 aliphatic heterocycles. The van der Waals surface area contributed by atoms with Crippen LogP contribution < -0.4 is 5.32 Å². The van der Waals surface area contributed by atoms with Gasteiger partial charge in [-0.15, -0.1) is 0 Å². The van der Waals surface area contributed by atoms with Crippen LogP contribution in [-0.2, 0) is 0 Å². The van der Waals surface area contributed by atoms with Gasteiger partial charge in [0, 0.05) is 18.7 Å². The lowest BCUT2D eigenvalue weighted by molar-refractivity contribution is 0.295. The highest BCUT2D eigenvalue weighted by Crippen LogP contribution is 2.16. The molecule has 1 saturated heterocycles. The summed E-state index contributed by atoms with van der Waals surface area (Å²) >= 11 is 5.80. The molecule has 17 heavy (non-hydrogen) atoms. The van der Waals surface area contributed by atoms with E-state index >= 15 is 0 Å². The molecule has 0 spiro atoms. The molecule has 1 fully saturated rings. The van der Waals surface area contributed by atoms with Crippen LogP contribution in [0.25, 0.3) is 0 Å². The molecule has 7 heteroatoms. The first-order valence-corrected chi connectivity index (χ1v) is 6.19. The minimum absolute atomic E-state index is 0.296. The summed E-state index contributed by atoms with van der Waals surface area (Å²) in [5.41, 5.74) is 0. The maximum Gasteiger partial charge on any atom is 0.376 e. The van der Waals surface area contributed by atoms with E-state index in [0.717, 1.165) is 31.7 Å². The second-order valence-corrected chi connectivity index (χ2v) is 4.72. The van der Waals surface area contributed by atoms with Gasteiger partial charge in [0.15, 0.2) is 0 Å². The summed E-state index contributed by atoms with van der Waals surface area (Å²) in [6.45, 7) is 3.56. The Morgan fingerprint density at radius 1 is 1.59 bits per heavy atom. The molecule has 2 N–H and O–H groups in total. The number of anilines is 1. The van der Waals surface area contributed by atoms with Crippen LogP contribution in [0.3, 0.4) is 0 Å². The molecule has 5 nitrogen and oxygen atoms in total. The molecular weight excluding hydrogens is 238 g/mol. The molecule has 0 aliphatic carbocycles. The molecule has 0 amide bonds. The summed E-state index contributed by atoms with van der Waals surface area (Å²) in [6.07, 6.45) is 3.59. The Kier molecular flexibility index (Phi) is 4.20. The summed E-state index contributed by atoms with van der Waals surface area (Å²) in [4.78, 5) is 10.0. The van der Waals surface area contributed by atoms with Gasteiger partial charge in [-0.25, -0.2) is 9.97 Å². The Labute approximate surface area is 106 Å². The largest absolute Gasteiger partial charge is 0.437 e. The average Bonchev–Trinajstić information content (AvgIpc) is 2.29. The van der Waals surface area contributed by atoms with Gasteiger partial charge in [0.05, 0.1) is 0 Å². The first-order valence-electron chi connectivity index (χ1n) is 5.81. The van der Waals surface area contributed by atoms with E-state index in [-0.39, 0.29) is 0 Å². The Morgan fingerprint density at radius 2 is 2.41 bits per heavy atom. The summed E-state index contributed by atoms with van der Waals surface area (Å²) in [6, 6.07) is 2.01. The fourth-order valence-electron chi connectivity index (χ4n) is 2.09. The summed E-state index contributed by atoms with van der Waals surface area (Å²) < 4.78 is 0. The SMILES string of the molecule is CB(O)N1CCCC(Nc2cc(Cl)ncn2)C1. The predicted molar refractivity (Wildman–Crippen MR) is 69.1 cm³/mol. The van der Waals surface area contributed by atoms with E-state index in [2.05, 4.69) is 15.3 Å². The lowest BCUT2D eigenvalue weighted by Crippen LogP contribution is -2.48. The average molecular weight is 255 g/mol. The summed E-state index contributed by atoms with van der Waals surface area (Å²) in [5.74, 6) is 0.738. The molecule has 1 aromatic rings. The van der Waals surface area contributed by atoms with E-state index < -0.39 is 7.05 Å². The molecule has 1 aliphatic rings. The molecule has 0 aromatic carbocycles. The Balaban J connectivity index is 1.94. The third-order valence-corrected chi connectivity index (χ3v) is 3.17. The molecule has 1 atom stereocenters. The van der Waals surface area contributed by atoms with Gasteiger partial charge in [-0.2, -0.15) is 0 Å². The maximum absolute atomic E-state index is 9.56. The molecule has 2 heterocycles. The number of hydrogen-bond acceptors (Lipinski definition) is 5. The minimum Gasteiger partial charge on any atom is -0.437 e. The highest BCUT2D eigenvalue weighted by atomic mass is 35.5. The van der Waals surface area contributed by atoms with Gasteiger partial charge in [-0.1, -0.05) is 11.6 Å². The first-order chi connectivity index (χ1) is 8.15. The van der Waals surface area contributed by atoms with Crippen molar-refractivity contribution in [2.75, 3.05) is 18.4 Å².